The third kappa shape index (κ3) is 4.72. The van der Waals surface area contributed by atoms with Gasteiger partial charge in [-0.3, -0.25) is 4.79 Å². The van der Waals surface area contributed by atoms with Gasteiger partial charge in [0.25, 0.3) is 0 Å². The van der Waals surface area contributed by atoms with Crippen LogP contribution in [0.4, 0.5) is 18.9 Å². The number of benzene rings is 2. The summed E-state index contributed by atoms with van der Waals surface area (Å²) < 4.78 is 66.6. The second-order valence-corrected chi connectivity index (χ2v) is 10.6. The van der Waals surface area contributed by atoms with E-state index >= 15 is 0 Å². The number of halogens is 3. The average molecular weight is 482 g/mol. The first-order chi connectivity index (χ1) is 15.5. The standard InChI is InChI=1S/C23H26F3N3O3S/c1-16-3-6-20(7-4-16)29-12-11-28(14-17(29)2)33(31,32)21-8-5-18-9-10-27(15-19(18)13-21)22(30)23(24,25)26/h3-8,13,17H,9-12,14-15H2,1-2H3. The maximum absolute atomic E-state index is 13.3. The molecule has 2 aliphatic heterocycles. The van der Waals surface area contributed by atoms with Gasteiger partial charge in [-0.05, 0) is 55.7 Å². The minimum atomic E-state index is -4.95. The van der Waals surface area contributed by atoms with E-state index in [1.54, 1.807) is 6.07 Å². The molecule has 6 nitrogen and oxygen atoms in total. The Morgan fingerprint density at radius 2 is 1.70 bits per heavy atom. The Morgan fingerprint density at radius 1 is 1.00 bits per heavy atom. The summed E-state index contributed by atoms with van der Waals surface area (Å²) in [6, 6.07) is 12.6. The molecule has 2 heterocycles. The summed E-state index contributed by atoms with van der Waals surface area (Å²) in [7, 11) is -3.83. The van der Waals surface area contributed by atoms with Gasteiger partial charge in [0.15, 0.2) is 0 Å². The average Bonchev–Trinajstić information content (AvgIpc) is 2.77. The van der Waals surface area contributed by atoms with Crippen LogP contribution in [0.2, 0.25) is 0 Å². The van der Waals surface area contributed by atoms with Crippen LogP contribution in [0.1, 0.15) is 23.6 Å². The van der Waals surface area contributed by atoms with Crippen molar-refractivity contribution in [1.29, 1.82) is 0 Å². The van der Waals surface area contributed by atoms with Crippen molar-refractivity contribution in [3.63, 3.8) is 0 Å². The normalized spacial score (nSPS) is 20.0. The van der Waals surface area contributed by atoms with E-state index in [1.165, 1.54) is 16.4 Å². The Bertz CT molecular complexity index is 1150. The van der Waals surface area contributed by atoms with Crippen LogP contribution in [0.5, 0.6) is 0 Å². The number of amides is 1. The van der Waals surface area contributed by atoms with Crippen LogP contribution in [0.25, 0.3) is 0 Å². The van der Waals surface area contributed by atoms with Gasteiger partial charge in [-0.15, -0.1) is 0 Å². The third-order valence-corrected chi connectivity index (χ3v) is 8.17. The van der Waals surface area contributed by atoms with Crippen molar-refractivity contribution in [2.75, 3.05) is 31.1 Å². The topological polar surface area (TPSA) is 60.9 Å². The predicted molar refractivity (Wildman–Crippen MR) is 118 cm³/mol. The van der Waals surface area contributed by atoms with Crippen molar-refractivity contribution < 1.29 is 26.4 Å². The SMILES string of the molecule is Cc1ccc(N2CCN(S(=O)(=O)c3ccc4c(c3)CN(C(=O)C(F)(F)F)CC4)CC2C)cc1. The maximum Gasteiger partial charge on any atom is 0.471 e. The highest BCUT2D eigenvalue weighted by Crippen LogP contribution is 2.29. The monoisotopic (exact) mass is 481 g/mol. The molecular weight excluding hydrogens is 455 g/mol. The van der Waals surface area contributed by atoms with E-state index in [0.717, 1.165) is 21.7 Å². The molecule has 1 atom stereocenters. The van der Waals surface area contributed by atoms with Crippen molar-refractivity contribution >= 4 is 21.6 Å². The van der Waals surface area contributed by atoms with Gasteiger partial charge in [-0.2, -0.15) is 17.5 Å². The molecule has 2 aromatic rings. The number of carbonyl (C=O) groups excluding carboxylic acids is 1. The lowest BCUT2D eigenvalue weighted by Crippen LogP contribution is -2.53. The van der Waals surface area contributed by atoms with E-state index in [4.69, 9.17) is 0 Å². The zero-order valence-electron chi connectivity index (χ0n) is 18.5. The largest absolute Gasteiger partial charge is 0.471 e. The molecule has 0 aliphatic carbocycles. The number of hydrogen-bond donors (Lipinski definition) is 0. The zero-order valence-corrected chi connectivity index (χ0v) is 19.3. The molecule has 0 saturated carbocycles. The number of hydrogen-bond acceptors (Lipinski definition) is 4. The molecule has 33 heavy (non-hydrogen) atoms. The zero-order chi connectivity index (χ0) is 24.0. The van der Waals surface area contributed by atoms with E-state index in [1.807, 2.05) is 38.1 Å². The first-order valence-electron chi connectivity index (χ1n) is 10.8. The Morgan fingerprint density at radius 3 is 2.33 bits per heavy atom. The molecule has 0 radical (unpaired) electrons. The first kappa shape index (κ1) is 23.6. The summed E-state index contributed by atoms with van der Waals surface area (Å²) in [5.41, 5.74) is 3.38. The van der Waals surface area contributed by atoms with Crippen LogP contribution in [-0.4, -0.2) is 61.9 Å². The van der Waals surface area contributed by atoms with E-state index in [0.29, 0.717) is 25.2 Å². The molecule has 0 aromatic heterocycles. The third-order valence-electron chi connectivity index (χ3n) is 6.31. The highest BCUT2D eigenvalue weighted by atomic mass is 32.2. The van der Waals surface area contributed by atoms with E-state index < -0.39 is 22.1 Å². The van der Waals surface area contributed by atoms with Crippen LogP contribution < -0.4 is 4.90 Å². The molecular formula is C23H26F3N3O3S. The van der Waals surface area contributed by atoms with Gasteiger partial charge in [0, 0.05) is 44.5 Å². The lowest BCUT2D eigenvalue weighted by atomic mass is 10.00. The van der Waals surface area contributed by atoms with E-state index in [2.05, 4.69) is 4.90 Å². The van der Waals surface area contributed by atoms with Gasteiger partial charge in [0.1, 0.15) is 0 Å². The van der Waals surface area contributed by atoms with Crippen LogP contribution >= 0.6 is 0 Å². The summed E-state index contributed by atoms with van der Waals surface area (Å²) in [6.07, 6.45) is -4.70. The van der Waals surface area contributed by atoms with Crippen molar-refractivity contribution in [3.05, 3.63) is 59.2 Å². The van der Waals surface area contributed by atoms with E-state index in [9.17, 15) is 26.4 Å². The minimum absolute atomic E-state index is 0.0403. The van der Waals surface area contributed by atoms with Gasteiger partial charge in [-0.25, -0.2) is 8.42 Å². The molecule has 0 bridgehead atoms. The molecule has 2 aromatic carbocycles. The van der Waals surface area contributed by atoms with Gasteiger partial charge >= 0.3 is 12.1 Å². The first-order valence-corrected chi connectivity index (χ1v) is 12.2. The Hall–Kier alpha value is -2.59. The van der Waals surface area contributed by atoms with Crippen LogP contribution in [0, 0.1) is 6.92 Å². The molecule has 0 spiro atoms. The number of rotatable bonds is 3. The molecule has 4 rings (SSSR count). The number of carbonyl (C=O) groups is 1. The van der Waals surface area contributed by atoms with Gasteiger partial charge < -0.3 is 9.80 Å². The number of anilines is 1. The van der Waals surface area contributed by atoms with Crippen LogP contribution in [0.15, 0.2) is 47.4 Å². The molecule has 2 aliphatic rings. The maximum atomic E-state index is 13.3. The highest BCUT2D eigenvalue weighted by molar-refractivity contribution is 7.89. The van der Waals surface area contributed by atoms with Crippen molar-refractivity contribution in [3.8, 4) is 0 Å². The van der Waals surface area contributed by atoms with Gasteiger partial charge in [0.05, 0.1) is 4.90 Å². The fourth-order valence-electron chi connectivity index (χ4n) is 4.46. The lowest BCUT2D eigenvalue weighted by Gasteiger charge is -2.40. The van der Waals surface area contributed by atoms with Crippen LogP contribution in [-0.2, 0) is 27.8 Å². The second kappa shape index (κ2) is 8.64. The number of nitrogens with zero attached hydrogens (tertiary/aromatic N) is 3. The molecule has 1 fully saturated rings. The van der Waals surface area contributed by atoms with Gasteiger partial charge in [-0.1, -0.05) is 23.8 Å². The predicted octanol–water partition coefficient (Wildman–Crippen LogP) is 3.34. The molecule has 1 unspecified atom stereocenters. The Kier molecular flexibility index (Phi) is 6.17. The molecule has 0 N–H and O–H groups in total. The lowest BCUT2D eigenvalue weighted by molar-refractivity contribution is -0.186. The van der Waals surface area contributed by atoms with Crippen LogP contribution in [0.3, 0.4) is 0 Å². The number of alkyl halides is 3. The Balaban J connectivity index is 1.52. The molecule has 178 valence electrons. The minimum Gasteiger partial charge on any atom is -0.366 e. The second-order valence-electron chi connectivity index (χ2n) is 8.65. The quantitative estimate of drug-likeness (QED) is 0.675. The number of sulfonamides is 1. The Labute approximate surface area is 191 Å². The summed E-state index contributed by atoms with van der Waals surface area (Å²) in [5.74, 6) is -1.90. The molecule has 1 amide bonds. The van der Waals surface area contributed by atoms with Crippen molar-refractivity contribution in [2.45, 2.75) is 43.9 Å². The van der Waals surface area contributed by atoms with Crippen molar-refractivity contribution in [2.24, 2.45) is 0 Å². The smallest absolute Gasteiger partial charge is 0.366 e. The fourth-order valence-corrected chi connectivity index (χ4v) is 6.02. The molecule has 10 heteroatoms. The summed E-state index contributed by atoms with van der Waals surface area (Å²) >= 11 is 0. The summed E-state index contributed by atoms with van der Waals surface area (Å²) in [4.78, 5) is 14.6. The summed E-state index contributed by atoms with van der Waals surface area (Å²) in [5, 5.41) is 0. The number of piperazine rings is 1. The number of aryl methyl sites for hydroxylation is 1. The number of fused-ring (bicyclic) bond motifs is 1. The van der Waals surface area contributed by atoms with Gasteiger partial charge in [0.2, 0.25) is 10.0 Å². The fraction of sp³-hybridized carbons (Fsp3) is 0.435. The van der Waals surface area contributed by atoms with Crippen molar-refractivity contribution in [1.82, 2.24) is 9.21 Å². The summed E-state index contributed by atoms with van der Waals surface area (Å²) in [6.45, 7) is 4.80. The highest BCUT2D eigenvalue weighted by Gasteiger charge is 2.43. The van der Waals surface area contributed by atoms with E-state index in [-0.39, 0.29) is 30.4 Å². The molecule has 1 saturated heterocycles.